The van der Waals surface area contributed by atoms with Crippen molar-refractivity contribution in [3.05, 3.63) is 23.2 Å². The van der Waals surface area contributed by atoms with Crippen molar-refractivity contribution in [3.63, 3.8) is 0 Å². The summed E-state index contributed by atoms with van der Waals surface area (Å²) in [7, 11) is -2.71. The van der Waals surface area contributed by atoms with Gasteiger partial charge in [-0.2, -0.15) is 4.31 Å². The van der Waals surface area contributed by atoms with Crippen molar-refractivity contribution < 1.29 is 17.9 Å². The van der Waals surface area contributed by atoms with Crippen molar-refractivity contribution in [2.75, 3.05) is 19.4 Å². The summed E-state index contributed by atoms with van der Waals surface area (Å²) in [6.07, 6.45) is 1.87. The Morgan fingerprint density at radius 1 is 1.43 bits per heavy atom. The maximum Gasteiger partial charge on any atom is 0.324 e. The third-order valence-corrected chi connectivity index (χ3v) is 5.94. The molecule has 0 saturated carbocycles. The van der Waals surface area contributed by atoms with Crippen LogP contribution in [0.1, 0.15) is 19.3 Å². The Morgan fingerprint density at radius 2 is 2.14 bits per heavy atom. The van der Waals surface area contributed by atoms with Gasteiger partial charge in [-0.3, -0.25) is 4.79 Å². The largest absolute Gasteiger partial charge is 0.468 e. The van der Waals surface area contributed by atoms with Crippen LogP contribution in [0.5, 0.6) is 0 Å². The van der Waals surface area contributed by atoms with Crippen LogP contribution in [-0.2, 0) is 19.6 Å². The molecule has 1 saturated heterocycles. The van der Waals surface area contributed by atoms with E-state index in [4.69, 9.17) is 22.1 Å². The molecular formula is C13H17ClN2O4S. The summed E-state index contributed by atoms with van der Waals surface area (Å²) in [5.74, 6) is -0.566. The number of benzene rings is 1. The van der Waals surface area contributed by atoms with Gasteiger partial charge in [0.2, 0.25) is 10.0 Å². The normalized spacial score (nSPS) is 20.2. The molecule has 0 radical (unpaired) electrons. The van der Waals surface area contributed by atoms with Crippen LogP contribution in [0.25, 0.3) is 0 Å². The molecule has 1 fully saturated rings. The zero-order valence-corrected chi connectivity index (χ0v) is 13.2. The first kappa shape index (κ1) is 16.1. The summed E-state index contributed by atoms with van der Waals surface area (Å²) in [5.41, 5.74) is 5.83. The molecule has 1 aromatic rings. The fourth-order valence-corrected chi connectivity index (χ4v) is 4.76. The number of esters is 1. The number of rotatable bonds is 3. The first-order valence-electron chi connectivity index (χ1n) is 6.53. The molecule has 21 heavy (non-hydrogen) atoms. The molecule has 1 heterocycles. The lowest BCUT2D eigenvalue weighted by atomic mass is 10.1. The van der Waals surface area contributed by atoms with Crippen molar-refractivity contribution >= 4 is 33.3 Å². The quantitative estimate of drug-likeness (QED) is 0.671. The van der Waals surface area contributed by atoms with Crippen LogP contribution in [-0.4, -0.2) is 38.4 Å². The Balaban J connectivity index is 2.48. The minimum Gasteiger partial charge on any atom is -0.468 e. The first-order valence-corrected chi connectivity index (χ1v) is 8.35. The van der Waals surface area contributed by atoms with Crippen LogP contribution >= 0.6 is 11.6 Å². The SMILES string of the molecule is COC(=O)C1CCCCN1S(=O)(=O)c1c(N)cccc1Cl. The zero-order valence-electron chi connectivity index (χ0n) is 11.6. The molecule has 8 heteroatoms. The number of ether oxygens (including phenoxy) is 1. The molecule has 0 spiro atoms. The summed E-state index contributed by atoms with van der Waals surface area (Å²) in [6, 6.07) is 3.67. The van der Waals surface area contributed by atoms with E-state index in [1.165, 1.54) is 19.2 Å². The second-order valence-corrected chi connectivity index (χ2v) is 7.04. The fraction of sp³-hybridized carbons (Fsp3) is 0.462. The van der Waals surface area contributed by atoms with E-state index >= 15 is 0 Å². The smallest absolute Gasteiger partial charge is 0.324 e. The average molecular weight is 333 g/mol. The number of carbonyl (C=O) groups excluding carboxylic acids is 1. The summed E-state index contributed by atoms with van der Waals surface area (Å²) < 4.78 is 31.5. The Labute approximate surface area is 128 Å². The summed E-state index contributed by atoms with van der Waals surface area (Å²) in [6.45, 7) is 0.243. The molecule has 0 aliphatic carbocycles. The Morgan fingerprint density at radius 3 is 2.76 bits per heavy atom. The van der Waals surface area contributed by atoms with E-state index in [1.807, 2.05) is 0 Å². The number of carbonyl (C=O) groups is 1. The first-order chi connectivity index (χ1) is 9.89. The van der Waals surface area contributed by atoms with Crippen LogP contribution in [0.2, 0.25) is 5.02 Å². The molecule has 2 N–H and O–H groups in total. The molecule has 2 rings (SSSR count). The van der Waals surface area contributed by atoms with Gasteiger partial charge < -0.3 is 10.5 Å². The third-order valence-electron chi connectivity index (χ3n) is 3.49. The van der Waals surface area contributed by atoms with Crippen LogP contribution in [0.15, 0.2) is 23.1 Å². The summed E-state index contributed by atoms with van der Waals surface area (Å²) in [5, 5.41) is 0.0455. The van der Waals surface area contributed by atoms with Gasteiger partial charge in [0, 0.05) is 6.54 Å². The lowest BCUT2D eigenvalue weighted by Crippen LogP contribution is -2.48. The maximum atomic E-state index is 12.8. The molecule has 0 amide bonds. The third kappa shape index (κ3) is 3.00. The topological polar surface area (TPSA) is 89.7 Å². The van der Waals surface area contributed by atoms with Crippen molar-refractivity contribution in [1.82, 2.24) is 4.31 Å². The number of methoxy groups -OCH3 is 1. The minimum atomic E-state index is -3.95. The van der Waals surface area contributed by atoms with E-state index in [2.05, 4.69) is 0 Å². The number of halogens is 1. The van der Waals surface area contributed by atoms with Crippen LogP contribution < -0.4 is 5.73 Å². The number of hydrogen-bond acceptors (Lipinski definition) is 5. The second kappa shape index (κ2) is 6.21. The molecule has 6 nitrogen and oxygen atoms in total. The Bertz CT molecular complexity index is 627. The number of nitrogens with zero attached hydrogens (tertiary/aromatic N) is 1. The van der Waals surface area contributed by atoms with E-state index in [0.717, 1.165) is 10.7 Å². The van der Waals surface area contributed by atoms with Gasteiger partial charge in [-0.05, 0) is 31.4 Å². The van der Waals surface area contributed by atoms with Crippen molar-refractivity contribution in [1.29, 1.82) is 0 Å². The van der Waals surface area contributed by atoms with Crippen molar-refractivity contribution in [2.45, 2.75) is 30.2 Å². The van der Waals surface area contributed by atoms with Gasteiger partial charge in [-0.25, -0.2) is 8.42 Å². The summed E-state index contributed by atoms with van der Waals surface area (Å²) >= 11 is 5.99. The van der Waals surface area contributed by atoms with Gasteiger partial charge in [0.25, 0.3) is 0 Å². The zero-order chi connectivity index (χ0) is 15.6. The van der Waals surface area contributed by atoms with E-state index < -0.39 is 22.0 Å². The molecule has 0 aromatic heterocycles. The molecule has 1 aromatic carbocycles. The number of piperidine rings is 1. The molecular weight excluding hydrogens is 316 g/mol. The minimum absolute atomic E-state index is 0.0455. The average Bonchev–Trinajstić information content (AvgIpc) is 2.46. The Kier molecular flexibility index (Phi) is 4.75. The molecule has 1 aliphatic heterocycles. The number of anilines is 1. The van der Waals surface area contributed by atoms with E-state index in [9.17, 15) is 13.2 Å². The highest BCUT2D eigenvalue weighted by Gasteiger charge is 2.39. The van der Waals surface area contributed by atoms with Gasteiger partial charge in [0.1, 0.15) is 10.9 Å². The van der Waals surface area contributed by atoms with Crippen LogP contribution in [0.4, 0.5) is 5.69 Å². The highest BCUT2D eigenvalue weighted by molar-refractivity contribution is 7.89. The van der Waals surface area contributed by atoms with Crippen LogP contribution in [0, 0.1) is 0 Å². The second-order valence-electron chi connectivity index (χ2n) is 4.81. The fourth-order valence-electron chi connectivity index (χ4n) is 2.48. The highest BCUT2D eigenvalue weighted by Crippen LogP contribution is 2.33. The van der Waals surface area contributed by atoms with Gasteiger partial charge in [-0.1, -0.05) is 17.7 Å². The predicted octanol–water partition coefficient (Wildman–Crippen LogP) is 1.64. The van der Waals surface area contributed by atoms with E-state index in [1.54, 1.807) is 6.07 Å². The monoisotopic (exact) mass is 332 g/mol. The number of hydrogen-bond donors (Lipinski definition) is 1. The Hall–Kier alpha value is -1.31. The van der Waals surface area contributed by atoms with Crippen molar-refractivity contribution in [3.8, 4) is 0 Å². The lowest BCUT2D eigenvalue weighted by Gasteiger charge is -2.33. The maximum absolute atomic E-state index is 12.8. The molecule has 1 aliphatic rings. The number of sulfonamides is 1. The van der Waals surface area contributed by atoms with Gasteiger partial charge >= 0.3 is 5.97 Å². The van der Waals surface area contributed by atoms with Gasteiger partial charge in [-0.15, -0.1) is 0 Å². The number of nitrogens with two attached hydrogens (primary N) is 1. The van der Waals surface area contributed by atoms with Crippen molar-refractivity contribution in [2.24, 2.45) is 0 Å². The number of nitrogen functional groups attached to an aromatic ring is 1. The summed E-state index contributed by atoms with van der Waals surface area (Å²) in [4.78, 5) is 11.7. The lowest BCUT2D eigenvalue weighted by molar-refractivity contribution is -0.146. The highest BCUT2D eigenvalue weighted by atomic mass is 35.5. The molecule has 0 bridgehead atoms. The van der Waals surface area contributed by atoms with E-state index in [0.29, 0.717) is 12.8 Å². The van der Waals surface area contributed by atoms with Gasteiger partial charge in [0.15, 0.2) is 0 Å². The standard InChI is InChI=1S/C13H17ClN2O4S/c1-20-13(17)11-7-2-3-8-16(11)21(18,19)12-9(14)5-4-6-10(12)15/h4-6,11H,2-3,7-8,15H2,1H3. The predicted molar refractivity (Wildman–Crippen MR) is 79.4 cm³/mol. The molecule has 1 atom stereocenters. The van der Waals surface area contributed by atoms with E-state index in [-0.39, 0.29) is 22.2 Å². The molecule has 1 unspecified atom stereocenters. The van der Waals surface area contributed by atoms with Gasteiger partial charge in [0.05, 0.1) is 17.8 Å². The molecule has 116 valence electrons. The van der Waals surface area contributed by atoms with Crippen LogP contribution in [0.3, 0.4) is 0 Å².